The summed E-state index contributed by atoms with van der Waals surface area (Å²) in [5.41, 5.74) is 0. The van der Waals surface area contributed by atoms with Gasteiger partial charge >= 0.3 is 0 Å². The maximum Gasteiger partial charge on any atom is 0.228 e. The molecule has 3 rings (SSSR count). The highest BCUT2D eigenvalue weighted by Crippen LogP contribution is 2.32. The Hall–Kier alpha value is -0.810. The summed E-state index contributed by atoms with van der Waals surface area (Å²) in [5.74, 6) is 0.291. The number of amides is 2. The Kier molecular flexibility index (Phi) is 6.32. The standard InChI is InChI=1S/C17H29N3O2.ClH/c1-3-13(4-2)19-11-12(9-16(19)21)17(22)20-14-5-6-15(20)10-18-8-7-14;/h12-15,18H,3-11H2,1-2H3;1H. The van der Waals surface area contributed by atoms with E-state index in [1.807, 2.05) is 4.90 Å². The number of likely N-dealkylation sites (tertiary alicyclic amines) is 1. The van der Waals surface area contributed by atoms with Crippen molar-refractivity contribution < 1.29 is 9.59 Å². The van der Waals surface area contributed by atoms with Crippen molar-refractivity contribution in [3.8, 4) is 0 Å². The molecule has 0 radical (unpaired) electrons. The summed E-state index contributed by atoms with van der Waals surface area (Å²) in [5, 5.41) is 3.44. The Morgan fingerprint density at radius 1 is 1.22 bits per heavy atom. The monoisotopic (exact) mass is 343 g/mol. The van der Waals surface area contributed by atoms with E-state index in [2.05, 4.69) is 24.1 Å². The lowest BCUT2D eigenvalue weighted by Gasteiger charge is -2.31. The second kappa shape index (κ2) is 7.84. The van der Waals surface area contributed by atoms with Gasteiger partial charge in [-0.3, -0.25) is 9.59 Å². The van der Waals surface area contributed by atoms with Gasteiger partial charge in [-0.05, 0) is 38.6 Å². The fourth-order valence-electron chi connectivity index (χ4n) is 4.53. The Balaban J connectivity index is 0.00000192. The number of hydrogen-bond donors (Lipinski definition) is 1. The molecule has 23 heavy (non-hydrogen) atoms. The molecule has 2 amide bonds. The van der Waals surface area contributed by atoms with Gasteiger partial charge in [-0.1, -0.05) is 13.8 Å². The Bertz CT molecular complexity index is 428. The van der Waals surface area contributed by atoms with Crippen molar-refractivity contribution in [1.29, 1.82) is 0 Å². The molecule has 3 heterocycles. The van der Waals surface area contributed by atoms with Crippen LogP contribution < -0.4 is 5.32 Å². The summed E-state index contributed by atoms with van der Waals surface area (Å²) in [6.45, 7) is 6.80. The molecule has 3 atom stereocenters. The van der Waals surface area contributed by atoms with Gasteiger partial charge in [-0.2, -0.15) is 0 Å². The third kappa shape index (κ3) is 3.50. The van der Waals surface area contributed by atoms with E-state index in [1.54, 1.807) is 0 Å². The number of nitrogens with zero attached hydrogens (tertiary/aromatic N) is 2. The number of rotatable bonds is 4. The lowest BCUT2D eigenvalue weighted by atomic mass is 10.1. The minimum atomic E-state index is -0.116. The number of hydrogen-bond acceptors (Lipinski definition) is 3. The van der Waals surface area contributed by atoms with Crippen LogP contribution in [0, 0.1) is 5.92 Å². The molecule has 3 aliphatic rings. The van der Waals surface area contributed by atoms with Crippen LogP contribution in [0.5, 0.6) is 0 Å². The first kappa shape index (κ1) is 18.5. The third-order valence-electron chi connectivity index (χ3n) is 5.80. The number of carbonyl (C=O) groups excluding carboxylic acids is 2. The normalized spacial score (nSPS) is 30.6. The highest BCUT2D eigenvalue weighted by Gasteiger charge is 2.44. The van der Waals surface area contributed by atoms with E-state index in [0.717, 1.165) is 45.2 Å². The lowest BCUT2D eigenvalue weighted by Crippen LogP contribution is -2.46. The molecular weight excluding hydrogens is 314 g/mol. The largest absolute Gasteiger partial charge is 0.339 e. The topological polar surface area (TPSA) is 52.7 Å². The minimum Gasteiger partial charge on any atom is -0.339 e. The van der Waals surface area contributed by atoms with Crippen LogP contribution >= 0.6 is 12.4 Å². The molecule has 3 aliphatic heterocycles. The fourth-order valence-corrected chi connectivity index (χ4v) is 4.53. The van der Waals surface area contributed by atoms with Crippen LogP contribution in [-0.4, -0.2) is 59.4 Å². The van der Waals surface area contributed by atoms with Gasteiger partial charge in [0.15, 0.2) is 0 Å². The van der Waals surface area contributed by atoms with E-state index >= 15 is 0 Å². The second-order valence-corrected chi connectivity index (χ2v) is 7.04. The lowest BCUT2D eigenvalue weighted by molar-refractivity contribution is -0.138. The predicted molar refractivity (Wildman–Crippen MR) is 92.6 cm³/mol. The van der Waals surface area contributed by atoms with Crippen LogP contribution in [0.15, 0.2) is 0 Å². The molecule has 5 nitrogen and oxygen atoms in total. The van der Waals surface area contributed by atoms with Crippen molar-refractivity contribution in [1.82, 2.24) is 15.1 Å². The highest BCUT2D eigenvalue weighted by atomic mass is 35.5. The average Bonchev–Trinajstić information content (AvgIpc) is 2.99. The van der Waals surface area contributed by atoms with Crippen molar-refractivity contribution in [2.24, 2.45) is 5.92 Å². The predicted octanol–water partition coefficient (Wildman–Crippen LogP) is 1.80. The number of nitrogens with one attached hydrogen (secondary N) is 1. The van der Waals surface area contributed by atoms with Crippen LogP contribution in [0.25, 0.3) is 0 Å². The maximum atomic E-state index is 13.0. The molecule has 3 unspecified atom stereocenters. The third-order valence-corrected chi connectivity index (χ3v) is 5.80. The van der Waals surface area contributed by atoms with Gasteiger partial charge in [0.1, 0.15) is 0 Å². The van der Waals surface area contributed by atoms with E-state index < -0.39 is 0 Å². The molecule has 0 saturated carbocycles. The Morgan fingerprint density at radius 3 is 2.61 bits per heavy atom. The van der Waals surface area contributed by atoms with Crippen molar-refractivity contribution >= 4 is 24.2 Å². The highest BCUT2D eigenvalue weighted by molar-refractivity contribution is 5.90. The Morgan fingerprint density at radius 2 is 1.91 bits per heavy atom. The molecular formula is C17H30ClN3O2. The SMILES string of the molecule is CCC(CC)N1CC(C(=O)N2C3CCNCC2CC3)CC1=O.Cl. The van der Waals surface area contributed by atoms with Crippen LogP contribution in [-0.2, 0) is 9.59 Å². The molecule has 132 valence electrons. The van der Waals surface area contributed by atoms with Gasteiger partial charge in [0.2, 0.25) is 11.8 Å². The summed E-state index contributed by atoms with van der Waals surface area (Å²) in [6, 6.07) is 1.04. The average molecular weight is 344 g/mol. The van der Waals surface area contributed by atoms with Gasteiger partial charge in [0.05, 0.1) is 5.92 Å². The van der Waals surface area contributed by atoms with Crippen LogP contribution in [0.4, 0.5) is 0 Å². The molecule has 1 N–H and O–H groups in total. The number of carbonyl (C=O) groups is 2. The summed E-state index contributed by atoms with van der Waals surface area (Å²) in [7, 11) is 0. The minimum absolute atomic E-state index is 0. The zero-order valence-electron chi connectivity index (χ0n) is 14.3. The van der Waals surface area contributed by atoms with Gasteiger partial charge in [-0.15, -0.1) is 12.4 Å². The van der Waals surface area contributed by atoms with Gasteiger partial charge in [0.25, 0.3) is 0 Å². The molecule has 0 aromatic rings. The van der Waals surface area contributed by atoms with Crippen LogP contribution in [0.1, 0.15) is 52.4 Å². The zero-order chi connectivity index (χ0) is 15.7. The van der Waals surface area contributed by atoms with Crippen molar-refractivity contribution in [2.45, 2.75) is 70.5 Å². The molecule has 0 aromatic carbocycles. The molecule has 2 bridgehead atoms. The molecule has 0 aromatic heterocycles. The quantitative estimate of drug-likeness (QED) is 0.846. The Labute approximate surface area is 145 Å². The molecule has 0 aliphatic carbocycles. The van der Waals surface area contributed by atoms with Crippen molar-refractivity contribution in [3.05, 3.63) is 0 Å². The number of halogens is 1. The van der Waals surface area contributed by atoms with Gasteiger partial charge in [-0.25, -0.2) is 0 Å². The second-order valence-electron chi connectivity index (χ2n) is 7.04. The first-order valence-electron chi connectivity index (χ1n) is 8.98. The van der Waals surface area contributed by atoms with Crippen LogP contribution in [0.2, 0.25) is 0 Å². The van der Waals surface area contributed by atoms with E-state index in [0.29, 0.717) is 31.1 Å². The fraction of sp³-hybridized carbons (Fsp3) is 0.882. The van der Waals surface area contributed by atoms with Crippen LogP contribution in [0.3, 0.4) is 0 Å². The molecule has 3 fully saturated rings. The van der Waals surface area contributed by atoms with E-state index in [-0.39, 0.29) is 30.1 Å². The zero-order valence-corrected chi connectivity index (χ0v) is 15.1. The summed E-state index contributed by atoms with van der Waals surface area (Å²) in [4.78, 5) is 29.4. The first-order valence-corrected chi connectivity index (χ1v) is 8.98. The van der Waals surface area contributed by atoms with Crippen molar-refractivity contribution in [3.63, 3.8) is 0 Å². The summed E-state index contributed by atoms with van der Waals surface area (Å²) >= 11 is 0. The van der Waals surface area contributed by atoms with E-state index in [4.69, 9.17) is 0 Å². The summed E-state index contributed by atoms with van der Waals surface area (Å²) < 4.78 is 0. The smallest absolute Gasteiger partial charge is 0.228 e. The van der Waals surface area contributed by atoms with Gasteiger partial charge < -0.3 is 15.1 Å². The summed E-state index contributed by atoms with van der Waals surface area (Å²) in [6.07, 6.45) is 5.66. The number of fused-ring (bicyclic) bond motifs is 2. The first-order chi connectivity index (χ1) is 10.7. The maximum absolute atomic E-state index is 13.0. The van der Waals surface area contributed by atoms with Crippen molar-refractivity contribution in [2.75, 3.05) is 19.6 Å². The molecule has 3 saturated heterocycles. The van der Waals surface area contributed by atoms with Gasteiger partial charge in [0, 0.05) is 37.6 Å². The molecule has 0 spiro atoms. The molecule has 6 heteroatoms. The van der Waals surface area contributed by atoms with E-state index in [9.17, 15) is 9.59 Å². The van der Waals surface area contributed by atoms with E-state index in [1.165, 1.54) is 0 Å².